The number of benzene rings is 2. The fourth-order valence-electron chi connectivity index (χ4n) is 4.18. The smallest absolute Gasteiger partial charge is 0.234 e. The van der Waals surface area contributed by atoms with Crippen LogP contribution in [0.25, 0.3) is 0 Å². The van der Waals surface area contributed by atoms with E-state index in [-0.39, 0.29) is 25.1 Å². The van der Waals surface area contributed by atoms with E-state index < -0.39 is 0 Å². The molecule has 1 aliphatic rings. The fraction of sp³-hybridized carbons (Fsp3) is 0.357. The Kier molecular flexibility index (Phi) is 9.09. The maximum Gasteiger partial charge on any atom is 0.234 e. The molecule has 3 aromatic rings. The number of para-hydroxylation sites is 2. The molecule has 0 saturated carbocycles. The van der Waals surface area contributed by atoms with E-state index in [2.05, 4.69) is 15.2 Å². The highest BCUT2D eigenvalue weighted by atomic mass is 16.5. The highest BCUT2D eigenvalue weighted by Crippen LogP contribution is 2.32. The molecule has 0 aliphatic carbocycles. The van der Waals surface area contributed by atoms with Crippen LogP contribution in [0.4, 0.5) is 0 Å². The molecule has 1 aromatic heterocycles. The van der Waals surface area contributed by atoms with Crippen molar-refractivity contribution >= 4 is 5.91 Å². The number of nitrogens with one attached hydrogen (secondary N) is 1. The summed E-state index contributed by atoms with van der Waals surface area (Å²) in [6.45, 7) is 2.01. The topological polar surface area (TPSA) is 83.9 Å². The molecule has 4 rings (SSSR count). The number of aliphatic hydroxyl groups excluding tert-OH is 1. The third-order valence-electron chi connectivity index (χ3n) is 5.95. The minimum atomic E-state index is -0.327. The van der Waals surface area contributed by atoms with Crippen LogP contribution in [-0.2, 0) is 17.8 Å². The first-order valence-corrected chi connectivity index (χ1v) is 12.2. The number of ether oxygens (including phenoxy) is 2. The lowest BCUT2D eigenvalue weighted by atomic mass is 10.1. The standard InChI is InChI=1S/C28H33N3O4/c32-21-24(18-22-10-3-1-4-11-22)30-27(33)20-31-16-7-2-8-17-34-25-13-5-6-14-26(25)35-28-23(19-31)12-9-15-29-28/h1,3-6,9-15,24,32H,2,7-8,16-21H2,(H,30,33)/t24-/m0/s1. The van der Waals surface area contributed by atoms with Gasteiger partial charge in [-0.15, -0.1) is 0 Å². The van der Waals surface area contributed by atoms with Crippen molar-refractivity contribution in [1.29, 1.82) is 0 Å². The first-order valence-electron chi connectivity index (χ1n) is 12.2. The van der Waals surface area contributed by atoms with E-state index in [1.165, 1.54) is 0 Å². The van der Waals surface area contributed by atoms with Gasteiger partial charge >= 0.3 is 0 Å². The van der Waals surface area contributed by atoms with Crippen LogP contribution in [-0.4, -0.2) is 53.2 Å². The molecule has 2 N–H and O–H groups in total. The SMILES string of the molecule is O=C(CN1CCCCCOc2ccccc2Oc2ncccc2C1)N[C@H](CO)Cc1ccccc1. The largest absolute Gasteiger partial charge is 0.490 e. The molecule has 7 nitrogen and oxygen atoms in total. The molecule has 1 atom stereocenters. The Balaban J connectivity index is 1.46. The van der Waals surface area contributed by atoms with Crippen LogP contribution in [0.5, 0.6) is 17.4 Å². The summed E-state index contributed by atoms with van der Waals surface area (Å²) in [4.78, 5) is 19.5. The molecule has 0 radical (unpaired) electrons. The average molecular weight is 476 g/mol. The van der Waals surface area contributed by atoms with Gasteiger partial charge in [-0.05, 0) is 56.0 Å². The molecular weight excluding hydrogens is 442 g/mol. The molecule has 0 saturated heterocycles. The van der Waals surface area contributed by atoms with E-state index in [4.69, 9.17) is 9.47 Å². The molecule has 184 valence electrons. The summed E-state index contributed by atoms with van der Waals surface area (Å²) < 4.78 is 12.1. The number of nitrogens with zero attached hydrogens (tertiary/aromatic N) is 2. The van der Waals surface area contributed by atoms with Gasteiger partial charge in [-0.1, -0.05) is 48.5 Å². The third-order valence-corrected chi connectivity index (χ3v) is 5.95. The molecule has 1 aliphatic heterocycles. The average Bonchev–Trinajstić information content (AvgIpc) is 2.89. The molecule has 35 heavy (non-hydrogen) atoms. The van der Waals surface area contributed by atoms with Crippen LogP contribution in [0.15, 0.2) is 72.9 Å². The predicted molar refractivity (Wildman–Crippen MR) is 135 cm³/mol. The summed E-state index contributed by atoms with van der Waals surface area (Å²) >= 11 is 0. The zero-order chi connectivity index (χ0) is 24.3. The number of carbonyl (C=O) groups is 1. The zero-order valence-electron chi connectivity index (χ0n) is 19.9. The number of hydrogen-bond acceptors (Lipinski definition) is 6. The molecule has 2 aromatic carbocycles. The fourth-order valence-corrected chi connectivity index (χ4v) is 4.18. The highest BCUT2D eigenvalue weighted by molar-refractivity contribution is 5.78. The minimum absolute atomic E-state index is 0.107. The Hall–Kier alpha value is -3.42. The maximum absolute atomic E-state index is 12.9. The van der Waals surface area contributed by atoms with Crippen molar-refractivity contribution in [3.8, 4) is 17.4 Å². The van der Waals surface area contributed by atoms with Crippen molar-refractivity contribution in [2.75, 3.05) is 26.3 Å². The van der Waals surface area contributed by atoms with Crippen molar-refractivity contribution in [3.05, 3.63) is 84.1 Å². The summed E-state index contributed by atoms with van der Waals surface area (Å²) in [5.41, 5.74) is 1.98. The molecule has 1 amide bonds. The lowest BCUT2D eigenvalue weighted by Crippen LogP contribution is -2.44. The number of hydrogen-bond donors (Lipinski definition) is 2. The Morgan fingerprint density at radius 1 is 1.00 bits per heavy atom. The lowest BCUT2D eigenvalue weighted by molar-refractivity contribution is -0.123. The van der Waals surface area contributed by atoms with E-state index >= 15 is 0 Å². The first-order chi connectivity index (χ1) is 17.2. The van der Waals surface area contributed by atoms with Gasteiger partial charge in [-0.25, -0.2) is 4.98 Å². The van der Waals surface area contributed by atoms with Gasteiger partial charge < -0.3 is 19.9 Å². The van der Waals surface area contributed by atoms with Crippen LogP contribution < -0.4 is 14.8 Å². The summed E-state index contributed by atoms with van der Waals surface area (Å²) in [5.74, 6) is 1.73. The van der Waals surface area contributed by atoms with Crippen LogP contribution >= 0.6 is 0 Å². The third kappa shape index (κ3) is 7.53. The number of rotatable bonds is 6. The number of amides is 1. The molecule has 0 spiro atoms. The highest BCUT2D eigenvalue weighted by Gasteiger charge is 2.19. The summed E-state index contributed by atoms with van der Waals surface area (Å²) in [5, 5.41) is 12.8. The summed E-state index contributed by atoms with van der Waals surface area (Å²) in [7, 11) is 0. The number of pyridine rings is 1. The van der Waals surface area contributed by atoms with E-state index in [1.54, 1.807) is 6.20 Å². The molecule has 0 bridgehead atoms. The molecule has 0 fully saturated rings. The van der Waals surface area contributed by atoms with E-state index in [9.17, 15) is 9.90 Å². The Bertz CT molecular complexity index is 1080. The van der Waals surface area contributed by atoms with Crippen LogP contribution in [0.2, 0.25) is 0 Å². The van der Waals surface area contributed by atoms with Gasteiger partial charge in [0.05, 0.1) is 25.8 Å². The van der Waals surface area contributed by atoms with E-state index in [1.807, 2.05) is 66.7 Å². The normalized spacial score (nSPS) is 15.6. The lowest BCUT2D eigenvalue weighted by Gasteiger charge is -2.24. The zero-order valence-corrected chi connectivity index (χ0v) is 19.9. The van der Waals surface area contributed by atoms with Gasteiger partial charge in [0.1, 0.15) is 0 Å². The second-order valence-corrected chi connectivity index (χ2v) is 8.77. The van der Waals surface area contributed by atoms with Gasteiger partial charge in [-0.2, -0.15) is 0 Å². The Morgan fingerprint density at radius 2 is 1.80 bits per heavy atom. The quantitative estimate of drug-likeness (QED) is 0.562. The Morgan fingerprint density at radius 3 is 2.63 bits per heavy atom. The number of aromatic nitrogens is 1. The molecule has 0 unspecified atom stereocenters. The van der Waals surface area contributed by atoms with Gasteiger partial charge in [0.2, 0.25) is 11.8 Å². The van der Waals surface area contributed by atoms with Crippen LogP contribution in [0.1, 0.15) is 30.4 Å². The van der Waals surface area contributed by atoms with Crippen molar-refractivity contribution in [3.63, 3.8) is 0 Å². The molecule has 7 heteroatoms. The number of aliphatic hydroxyl groups is 1. The van der Waals surface area contributed by atoms with Gasteiger partial charge in [0.25, 0.3) is 0 Å². The number of carbonyl (C=O) groups excluding carboxylic acids is 1. The van der Waals surface area contributed by atoms with Gasteiger partial charge in [0, 0.05) is 18.3 Å². The molecule has 2 heterocycles. The number of fused-ring (bicyclic) bond motifs is 2. The van der Waals surface area contributed by atoms with Crippen molar-refractivity contribution < 1.29 is 19.4 Å². The summed E-state index contributed by atoms with van der Waals surface area (Å²) in [6, 6.07) is 21.0. The second-order valence-electron chi connectivity index (χ2n) is 8.77. The predicted octanol–water partition coefficient (Wildman–Crippen LogP) is 3.96. The van der Waals surface area contributed by atoms with Crippen LogP contribution in [0.3, 0.4) is 0 Å². The summed E-state index contributed by atoms with van der Waals surface area (Å²) in [6.07, 6.45) is 5.15. The van der Waals surface area contributed by atoms with Crippen molar-refractivity contribution in [2.24, 2.45) is 0 Å². The van der Waals surface area contributed by atoms with Crippen molar-refractivity contribution in [2.45, 2.75) is 38.3 Å². The maximum atomic E-state index is 12.9. The van der Waals surface area contributed by atoms with Crippen LogP contribution in [0, 0.1) is 0 Å². The van der Waals surface area contributed by atoms with Gasteiger partial charge in [-0.3, -0.25) is 9.69 Å². The second kappa shape index (κ2) is 12.9. The molecular formula is C28H33N3O4. The van der Waals surface area contributed by atoms with E-state index in [0.717, 1.165) is 36.9 Å². The first kappa shape index (κ1) is 24.7. The monoisotopic (exact) mass is 475 g/mol. The van der Waals surface area contributed by atoms with E-state index in [0.29, 0.717) is 37.0 Å². The Labute approximate surface area is 206 Å². The minimum Gasteiger partial charge on any atom is -0.490 e. The van der Waals surface area contributed by atoms with Gasteiger partial charge in [0.15, 0.2) is 11.5 Å². The van der Waals surface area contributed by atoms with Crippen molar-refractivity contribution in [1.82, 2.24) is 15.2 Å².